The minimum atomic E-state index is -0.615. The van der Waals surface area contributed by atoms with E-state index in [-0.39, 0.29) is 0 Å². The Balaban J connectivity index is 1.27. The third-order valence-electron chi connectivity index (χ3n) is 12.1. The number of ether oxygens (including phenoxy) is 1. The largest absolute Gasteiger partial charge is 0.456 e. The maximum atomic E-state index is 7.23. The third kappa shape index (κ3) is 4.35. The number of hydrogen-bond acceptors (Lipinski definition) is 1. The molecule has 1 nitrogen and oxygen atoms in total. The van der Waals surface area contributed by atoms with Gasteiger partial charge in [0.1, 0.15) is 11.5 Å². The van der Waals surface area contributed by atoms with E-state index in [1.807, 2.05) is 0 Å². The molecule has 0 spiro atoms. The molecule has 0 fully saturated rings. The van der Waals surface area contributed by atoms with Crippen molar-refractivity contribution in [2.45, 2.75) is 10.8 Å². The molecule has 1 aliphatic heterocycles. The molecule has 1 heteroatoms. The monoisotopic (exact) mass is 700 g/mol. The van der Waals surface area contributed by atoms with E-state index in [0.717, 1.165) is 33.8 Å². The number of fused-ring (bicyclic) bond motifs is 7. The van der Waals surface area contributed by atoms with Gasteiger partial charge in [0.15, 0.2) is 0 Å². The zero-order chi connectivity index (χ0) is 36.4. The SMILES string of the molecule is c1ccc(C2(c3ccccc3)c3ccccc3Oc3c(-c4ccccc4C4(c5ccccc5)c5ccccc5-c5ccc6ccccc6c54)cccc32)cc1. The lowest BCUT2D eigenvalue weighted by molar-refractivity contribution is 0.436. The Morgan fingerprint density at radius 3 is 1.42 bits per heavy atom. The topological polar surface area (TPSA) is 9.23 Å². The van der Waals surface area contributed by atoms with Crippen molar-refractivity contribution in [1.29, 1.82) is 0 Å². The fourth-order valence-corrected chi connectivity index (χ4v) is 9.99. The summed E-state index contributed by atoms with van der Waals surface area (Å²) < 4.78 is 7.23. The molecule has 55 heavy (non-hydrogen) atoms. The number of hydrogen-bond donors (Lipinski definition) is 0. The molecule has 1 unspecified atom stereocenters. The van der Waals surface area contributed by atoms with Gasteiger partial charge in [-0.1, -0.05) is 212 Å². The normalized spacial score (nSPS) is 16.0. The summed E-state index contributed by atoms with van der Waals surface area (Å²) in [4.78, 5) is 0. The van der Waals surface area contributed by atoms with Crippen molar-refractivity contribution in [3.63, 3.8) is 0 Å². The molecule has 9 aromatic carbocycles. The van der Waals surface area contributed by atoms with Crippen LogP contribution in [0.4, 0.5) is 0 Å². The van der Waals surface area contributed by atoms with Crippen LogP contribution >= 0.6 is 0 Å². The molecule has 0 amide bonds. The lowest BCUT2D eigenvalue weighted by Crippen LogP contribution is -2.34. The maximum Gasteiger partial charge on any atom is 0.140 e. The van der Waals surface area contributed by atoms with Gasteiger partial charge < -0.3 is 4.74 Å². The molecule has 0 radical (unpaired) electrons. The van der Waals surface area contributed by atoms with Gasteiger partial charge >= 0.3 is 0 Å². The first-order valence-electron chi connectivity index (χ1n) is 19.1. The van der Waals surface area contributed by atoms with Gasteiger partial charge in [-0.2, -0.15) is 0 Å². The van der Waals surface area contributed by atoms with Gasteiger partial charge in [-0.25, -0.2) is 0 Å². The predicted octanol–water partition coefficient (Wildman–Crippen LogP) is 13.4. The average Bonchev–Trinajstić information content (AvgIpc) is 3.58. The van der Waals surface area contributed by atoms with Crippen LogP contribution < -0.4 is 4.74 Å². The van der Waals surface area contributed by atoms with Gasteiger partial charge in [0, 0.05) is 16.7 Å². The molecule has 0 saturated heterocycles. The van der Waals surface area contributed by atoms with E-state index < -0.39 is 10.8 Å². The zero-order valence-corrected chi connectivity index (χ0v) is 30.2. The van der Waals surface area contributed by atoms with E-state index in [9.17, 15) is 0 Å². The van der Waals surface area contributed by atoms with Crippen LogP contribution in [-0.2, 0) is 10.8 Å². The highest BCUT2D eigenvalue weighted by Gasteiger charge is 2.50. The molecule has 9 aromatic rings. The van der Waals surface area contributed by atoms with Gasteiger partial charge in [0.2, 0.25) is 0 Å². The molecule has 1 aliphatic carbocycles. The first-order chi connectivity index (χ1) is 27.3. The lowest BCUT2D eigenvalue weighted by atomic mass is 9.62. The number of benzene rings is 9. The highest BCUT2D eigenvalue weighted by Crippen LogP contribution is 2.62. The second-order valence-corrected chi connectivity index (χ2v) is 14.7. The Kier molecular flexibility index (Phi) is 7.06. The van der Waals surface area contributed by atoms with Gasteiger partial charge in [-0.15, -0.1) is 0 Å². The minimum Gasteiger partial charge on any atom is -0.456 e. The Bertz CT molecular complexity index is 2850. The second-order valence-electron chi connectivity index (χ2n) is 14.7. The quantitative estimate of drug-likeness (QED) is 0.174. The summed E-state index contributed by atoms with van der Waals surface area (Å²) in [6.45, 7) is 0. The fourth-order valence-electron chi connectivity index (χ4n) is 9.99. The Morgan fingerprint density at radius 1 is 0.291 bits per heavy atom. The van der Waals surface area contributed by atoms with Crippen molar-refractivity contribution in [1.82, 2.24) is 0 Å². The Labute approximate surface area is 321 Å². The summed E-state index contributed by atoms with van der Waals surface area (Å²) in [5, 5.41) is 2.50. The van der Waals surface area contributed by atoms with E-state index in [1.54, 1.807) is 0 Å². The van der Waals surface area contributed by atoms with Crippen LogP contribution in [-0.4, -0.2) is 0 Å². The number of para-hydroxylation sites is 2. The summed E-state index contributed by atoms with van der Waals surface area (Å²) in [7, 11) is 0. The molecule has 0 aromatic heterocycles. The highest BCUT2D eigenvalue weighted by atomic mass is 16.5. The molecule has 258 valence electrons. The predicted molar refractivity (Wildman–Crippen MR) is 225 cm³/mol. The van der Waals surface area contributed by atoms with Crippen molar-refractivity contribution in [2.75, 3.05) is 0 Å². The molecule has 11 rings (SSSR count). The van der Waals surface area contributed by atoms with E-state index in [1.165, 1.54) is 55.3 Å². The van der Waals surface area contributed by atoms with Crippen LogP contribution in [0, 0.1) is 0 Å². The molecule has 0 N–H and O–H groups in total. The van der Waals surface area contributed by atoms with Crippen LogP contribution in [0.3, 0.4) is 0 Å². The van der Waals surface area contributed by atoms with E-state index in [2.05, 4.69) is 218 Å². The summed E-state index contributed by atoms with van der Waals surface area (Å²) >= 11 is 0. The molecule has 1 heterocycles. The molecular formula is C54H36O. The molecule has 0 bridgehead atoms. The van der Waals surface area contributed by atoms with Gasteiger partial charge in [-0.3, -0.25) is 0 Å². The second kappa shape index (κ2) is 12.3. The Hall–Kier alpha value is -6.96. The van der Waals surface area contributed by atoms with Gasteiger partial charge in [0.25, 0.3) is 0 Å². The number of rotatable bonds is 5. The van der Waals surface area contributed by atoms with Crippen LogP contribution in [0.25, 0.3) is 33.0 Å². The van der Waals surface area contributed by atoms with Crippen LogP contribution in [0.5, 0.6) is 11.5 Å². The summed E-state index contributed by atoms with van der Waals surface area (Å²) in [5.41, 5.74) is 13.3. The van der Waals surface area contributed by atoms with Crippen LogP contribution in [0.1, 0.15) is 44.5 Å². The van der Waals surface area contributed by atoms with Gasteiger partial charge in [-0.05, 0) is 66.9 Å². The van der Waals surface area contributed by atoms with Crippen molar-refractivity contribution in [2.24, 2.45) is 0 Å². The highest BCUT2D eigenvalue weighted by molar-refractivity contribution is 6.01. The lowest BCUT2D eigenvalue weighted by Gasteiger charge is -2.42. The van der Waals surface area contributed by atoms with Crippen molar-refractivity contribution in [3.8, 4) is 33.8 Å². The van der Waals surface area contributed by atoms with E-state index in [0.29, 0.717) is 0 Å². The zero-order valence-electron chi connectivity index (χ0n) is 30.2. The standard InChI is InChI=1S/C54H36O/c1-4-20-38(21-5-1)53(39-22-6-2-7-23-39)48-32-16-17-34-50(48)55-52-45(29-18-33-49(52)53)43-28-13-15-31-47(43)54(40-24-8-3-9-25-40)46-30-14-12-27-42(46)44-36-35-37-19-10-11-26-41(37)51(44)54/h1-36H. The fraction of sp³-hybridized carbons (Fsp3) is 0.0370. The van der Waals surface area contributed by atoms with E-state index >= 15 is 0 Å². The molecule has 1 atom stereocenters. The average molecular weight is 701 g/mol. The van der Waals surface area contributed by atoms with Crippen LogP contribution in [0.15, 0.2) is 218 Å². The first kappa shape index (κ1) is 31.6. The summed E-state index contributed by atoms with van der Waals surface area (Å²) in [5.74, 6) is 1.75. The summed E-state index contributed by atoms with van der Waals surface area (Å²) in [6, 6.07) is 79.9. The van der Waals surface area contributed by atoms with Crippen molar-refractivity contribution in [3.05, 3.63) is 263 Å². The molecular weight excluding hydrogens is 665 g/mol. The summed E-state index contributed by atoms with van der Waals surface area (Å²) in [6.07, 6.45) is 0. The minimum absolute atomic E-state index is 0.614. The van der Waals surface area contributed by atoms with Crippen LogP contribution in [0.2, 0.25) is 0 Å². The van der Waals surface area contributed by atoms with Gasteiger partial charge in [0.05, 0.1) is 10.8 Å². The smallest absolute Gasteiger partial charge is 0.140 e. The third-order valence-corrected chi connectivity index (χ3v) is 12.1. The Morgan fingerprint density at radius 2 is 0.764 bits per heavy atom. The molecule has 0 saturated carbocycles. The van der Waals surface area contributed by atoms with E-state index in [4.69, 9.17) is 4.74 Å². The van der Waals surface area contributed by atoms with Crippen molar-refractivity contribution >= 4 is 10.8 Å². The first-order valence-corrected chi connectivity index (χ1v) is 19.1. The van der Waals surface area contributed by atoms with Crippen molar-refractivity contribution < 1.29 is 4.74 Å². The maximum absolute atomic E-state index is 7.23. The molecule has 2 aliphatic rings.